The SMILES string of the molecule is O=C(O)/C=C/CNc1ccc(I)cc1Br. The van der Waals surface area contributed by atoms with Gasteiger partial charge in [-0.3, -0.25) is 0 Å². The van der Waals surface area contributed by atoms with E-state index in [1.165, 1.54) is 0 Å². The first-order chi connectivity index (χ1) is 7.09. The van der Waals surface area contributed by atoms with Crippen LogP contribution < -0.4 is 5.32 Å². The smallest absolute Gasteiger partial charge is 0.328 e. The highest BCUT2D eigenvalue weighted by atomic mass is 127. The molecular weight excluding hydrogens is 373 g/mol. The molecule has 0 radical (unpaired) electrons. The fourth-order valence-corrected chi connectivity index (χ4v) is 2.40. The molecule has 2 N–H and O–H groups in total. The van der Waals surface area contributed by atoms with Gasteiger partial charge < -0.3 is 10.4 Å². The van der Waals surface area contributed by atoms with E-state index in [0.29, 0.717) is 6.54 Å². The van der Waals surface area contributed by atoms with Crippen LogP contribution in [-0.2, 0) is 4.79 Å². The summed E-state index contributed by atoms with van der Waals surface area (Å²) in [6.07, 6.45) is 2.68. The third-order valence-electron chi connectivity index (χ3n) is 1.60. The Bertz CT molecular complexity index is 393. The van der Waals surface area contributed by atoms with Gasteiger partial charge in [-0.1, -0.05) is 6.08 Å². The van der Waals surface area contributed by atoms with Gasteiger partial charge in [-0.2, -0.15) is 0 Å². The Balaban J connectivity index is 2.54. The number of benzene rings is 1. The van der Waals surface area contributed by atoms with Gasteiger partial charge in [-0.15, -0.1) is 0 Å². The first-order valence-corrected chi connectivity index (χ1v) is 6.05. The minimum atomic E-state index is -0.932. The largest absolute Gasteiger partial charge is 0.478 e. The molecule has 0 heterocycles. The van der Waals surface area contributed by atoms with Crippen LogP contribution >= 0.6 is 38.5 Å². The van der Waals surface area contributed by atoms with Crippen molar-refractivity contribution in [3.05, 3.63) is 38.4 Å². The molecule has 0 aliphatic carbocycles. The minimum Gasteiger partial charge on any atom is -0.478 e. The Morgan fingerprint density at radius 1 is 1.60 bits per heavy atom. The van der Waals surface area contributed by atoms with Crippen molar-refractivity contribution in [1.29, 1.82) is 0 Å². The number of anilines is 1. The van der Waals surface area contributed by atoms with E-state index in [4.69, 9.17) is 5.11 Å². The van der Waals surface area contributed by atoms with Crippen molar-refractivity contribution < 1.29 is 9.90 Å². The summed E-state index contributed by atoms with van der Waals surface area (Å²) in [6.45, 7) is 0.492. The normalized spacial score (nSPS) is 10.5. The Hall–Kier alpha value is -0.560. The molecule has 0 aliphatic rings. The number of halogens is 2. The summed E-state index contributed by atoms with van der Waals surface area (Å²) in [4.78, 5) is 10.2. The Morgan fingerprint density at radius 2 is 2.33 bits per heavy atom. The van der Waals surface area contributed by atoms with Gasteiger partial charge >= 0.3 is 5.97 Å². The van der Waals surface area contributed by atoms with Crippen LogP contribution in [0.5, 0.6) is 0 Å². The predicted molar refractivity (Wildman–Crippen MR) is 72.1 cm³/mol. The first-order valence-electron chi connectivity index (χ1n) is 4.18. The second-order valence-electron chi connectivity index (χ2n) is 2.75. The molecule has 15 heavy (non-hydrogen) atoms. The summed E-state index contributed by atoms with van der Waals surface area (Å²) >= 11 is 5.65. The lowest BCUT2D eigenvalue weighted by Gasteiger charge is -2.05. The van der Waals surface area contributed by atoms with Crippen LogP contribution in [0.1, 0.15) is 0 Å². The molecule has 1 rings (SSSR count). The fraction of sp³-hybridized carbons (Fsp3) is 0.100. The number of carboxylic acid groups (broad SMARTS) is 1. The summed E-state index contributed by atoms with van der Waals surface area (Å²) in [6, 6.07) is 5.92. The van der Waals surface area contributed by atoms with Crippen LogP contribution in [0, 0.1) is 3.57 Å². The fourth-order valence-electron chi connectivity index (χ4n) is 0.961. The van der Waals surface area contributed by atoms with Crippen molar-refractivity contribution in [1.82, 2.24) is 0 Å². The molecule has 5 heteroatoms. The molecule has 0 unspecified atom stereocenters. The third-order valence-corrected chi connectivity index (χ3v) is 2.93. The molecule has 0 spiro atoms. The van der Waals surface area contributed by atoms with E-state index in [1.807, 2.05) is 18.2 Å². The van der Waals surface area contributed by atoms with Crippen LogP contribution in [-0.4, -0.2) is 17.6 Å². The van der Waals surface area contributed by atoms with E-state index in [0.717, 1.165) is 19.8 Å². The lowest BCUT2D eigenvalue weighted by molar-refractivity contribution is -0.131. The number of hydrogen-bond acceptors (Lipinski definition) is 2. The van der Waals surface area contributed by atoms with Gasteiger partial charge in [0, 0.05) is 26.4 Å². The Labute approximate surface area is 110 Å². The zero-order chi connectivity index (χ0) is 11.3. The summed E-state index contributed by atoms with van der Waals surface area (Å²) in [5.74, 6) is -0.932. The van der Waals surface area contributed by atoms with E-state index >= 15 is 0 Å². The zero-order valence-electron chi connectivity index (χ0n) is 7.71. The lowest BCUT2D eigenvalue weighted by Crippen LogP contribution is -2.00. The lowest BCUT2D eigenvalue weighted by atomic mass is 10.3. The molecule has 0 amide bonds. The molecule has 0 bridgehead atoms. The summed E-state index contributed by atoms with van der Waals surface area (Å²) in [7, 11) is 0. The van der Waals surface area contributed by atoms with Gasteiger partial charge in [-0.25, -0.2) is 4.79 Å². The van der Waals surface area contributed by atoms with Gasteiger partial charge in [0.15, 0.2) is 0 Å². The highest BCUT2D eigenvalue weighted by Gasteiger charge is 1.98. The molecule has 3 nitrogen and oxygen atoms in total. The molecule has 0 fully saturated rings. The number of rotatable bonds is 4. The maximum Gasteiger partial charge on any atom is 0.328 e. The summed E-state index contributed by atoms with van der Waals surface area (Å²) < 4.78 is 2.12. The van der Waals surface area contributed by atoms with Crippen LogP contribution in [0.4, 0.5) is 5.69 Å². The van der Waals surface area contributed by atoms with Gasteiger partial charge in [0.1, 0.15) is 0 Å². The van der Waals surface area contributed by atoms with Crippen LogP contribution in [0.2, 0.25) is 0 Å². The van der Waals surface area contributed by atoms with Crippen molar-refractivity contribution in [2.75, 3.05) is 11.9 Å². The zero-order valence-corrected chi connectivity index (χ0v) is 11.4. The topological polar surface area (TPSA) is 49.3 Å². The van der Waals surface area contributed by atoms with E-state index in [2.05, 4.69) is 43.8 Å². The van der Waals surface area contributed by atoms with Crippen molar-refractivity contribution in [3.63, 3.8) is 0 Å². The molecular formula is C10H9BrINO2. The summed E-state index contributed by atoms with van der Waals surface area (Å²) in [5, 5.41) is 11.5. The van der Waals surface area contributed by atoms with E-state index in [-0.39, 0.29) is 0 Å². The second-order valence-corrected chi connectivity index (χ2v) is 4.85. The van der Waals surface area contributed by atoms with Crippen molar-refractivity contribution in [3.8, 4) is 0 Å². The van der Waals surface area contributed by atoms with Gasteiger partial charge in [0.05, 0.1) is 0 Å². The maximum absolute atomic E-state index is 10.2. The Morgan fingerprint density at radius 3 is 2.93 bits per heavy atom. The molecule has 1 aromatic rings. The molecule has 0 atom stereocenters. The third kappa shape index (κ3) is 4.65. The highest BCUT2D eigenvalue weighted by Crippen LogP contribution is 2.24. The van der Waals surface area contributed by atoms with Crippen LogP contribution in [0.3, 0.4) is 0 Å². The highest BCUT2D eigenvalue weighted by molar-refractivity contribution is 14.1. The van der Waals surface area contributed by atoms with Gasteiger partial charge in [0.25, 0.3) is 0 Å². The first kappa shape index (κ1) is 12.5. The van der Waals surface area contributed by atoms with Crippen molar-refractivity contribution in [2.24, 2.45) is 0 Å². The average Bonchev–Trinajstić information content (AvgIpc) is 2.14. The molecule has 80 valence electrons. The number of hydrogen-bond donors (Lipinski definition) is 2. The van der Waals surface area contributed by atoms with Gasteiger partial charge in [0.2, 0.25) is 0 Å². The molecule has 0 saturated carbocycles. The monoisotopic (exact) mass is 381 g/mol. The molecule has 1 aromatic carbocycles. The molecule has 0 saturated heterocycles. The van der Waals surface area contributed by atoms with Gasteiger partial charge in [-0.05, 0) is 56.7 Å². The van der Waals surface area contributed by atoms with E-state index in [9.17, 15) is 4.79 Å². The van der Waals surface area contributed by atoms with Crippen molar-refractivity contribution in [2.45, 2.75) is 0 Å². The summed E-state index contributed by atoms with van der Waals surface area (Å²) in [5.41, 5.74) is 0.949. The van der Waals surface area contributed by atoms with E-state index in [1.54, 1.807) is 6.08 Å². The number of carboxylic acids is 1. The number of nitrogens with one attached hydrogen (secondary N) is 1. The molecule has 0 aromatic heterocycles. The second kappa shape index (κ2) is 6.12. The average molecular weight is 382 g/mol. The number of carbonyl (C=O) groups is 1. The number of aliphatic carboxylic acids is 1. The standard InChI is InChI=1S/C10H9BrINO2/c11-8-6-7(12)3-4-9(8)13-5-1-2-10(14)15/h1-4,6,13H,5H2,(H,14,15)/b2-1+. The quantitative estimate of drug-likeness (QED) is 0.622. The predicted octanol–water partition coefficient (Wildman–Crippen LogP) is 3.11. The minimum absolute atomic E-state index is 0.492. The Kier molecular flexibility index (Phi) is 5.10. The van der Waals surface area contributed by atoms with Crippen molar-refractivity contribution >= 4 is 50.2 Å². The van der Waals surface area contributed by atoms with Crippen LogP contribution in [0.25, 0.3) is 0 Å². The van der Waals surface area contributed by atoms with Crippen LogP contribution in [0.15, 0.2) is 34.8 Å². The molecule has 0 aliphatic heterocycles. The van der Waals surface area contributed by atoms with E-state index < -0.39 is 5.97 Å². The maximum atomic E-state index is 10.2.